The van der Waals surface area contributed by atoms with Gasteiger partial charge in [-0.3, -0.25) is 10.2 Å². The van der Waals surface area contributed by atoms with Crippen molar-refractivity contribution < 1.29 is 14.3 Å². The van der Waals surface area contributed by atoms with Crippen molar-refractivity contribution >= 4 is 49.9 Å². The van der Waals surface area contributed by atoms with Crippen LogP contribution in [0.4, 0.5) is 16.3 Å². The van der Waals surface area contributed by atoms with Gasteiger partial charge in [-0.1, -0.05) is 45.1 Å². The second-order valence-electron chi connectivity index (χ2n) is 11.1. The summed E-state index contributed by atoms with van der Waals surface area (Å²) in [4.78, 5) is 21.9. The number of ether oxygens (including phenoxy) is 2. The van der Waals surface area contributed by atoms with Crippen LogP contribution in [-0.2, 0) is 4.74 Å². The SMILES string of the molecule is CCCCCCCCOC(=O)Nc1ccc2ccc(OCCCCN3CCN(c4cccc5sccc45)CC3)cc2n1. The average molecular weight is 589 g/mol. The number of nitrogens with zero attached hydrogens (tertiary/aromatic N) is 3. The van der Waals surface area contributed by atoms with Crippen LogP contribution < -0.4 is 15.0 Å². The summed E-state index contributed by atoms with van der Waals surface area (Å²) < 4.78 is 12.7. The van der Waals surface area contributed by atoms with E-state index in [2.05, 4.69) is 56.7 Å². The zero-order valence-electron chi connectivity index (χ0n) is 24.9. The lowest BCUT2D eigenvalue weighted by atomic mass is 10.1. The van der Waals surface area contributed by atoms with Crippen molar-refractivity contribution in [3.63, 3.8) is 0 Å². The predicted molar refractivity (Wildman–Crippen MR) is 175 cm³/mol. The number of thiophene rings is 1. The third kappa shape index (κ3) is 8.58. The number of hydrogen-bond donors (Lipinski definition) is 1. The number of benzene rings is 2. The van der Waals surface area contributed by atoms with Crippen molar-refractivity contribution in [2.75, 3.05) is 56.2 Å². The smallest absolute Gasteiger partial charge is 0.412 e. The Labute approximate surface area is 253 Å². The molecular formula is C34H44N4O3S. The number of nitrogens with one attached hydrogen (secondary N) is 1. The fraction of sp³-hybridized carbons (Fsp3) is 0.471. The van der Waals surface area contributed by atoms with Crippen LogP contribution in [0.3, 0.4) is 0 Å². The second-order valence-corrected chi connectivity index (χ2v) is 12.0. The van der Waals surface area contributed by atoms with Crippen LogP contribution in [0.15, 0.2) is 60.0 Å². The van der Waals surface area contributed by atoms with E-state index in [0.29, 0.717) is 19.0 Å². The zero-order chi connectivity index (χ0) is 29.0. The number of carbonyl (C=O) groups is 1. The molecule has 1 aliphatic heterocycles. The standard InChI is InChI=1S/C34H44N4O3S/c1-2-3-4-5-6-8-24-41-34(39)36-33-16-14-27-13-15-28(26-30(27)35-33)40-23-9-7-18-37-19-21-38(22-20-37)31-11-10-12-32-29(31)17-25-42-32/h10-17,25-26H,2-9,18-24H2,1H3,(H,35,36,39). The Kier molecular flexibility index (Phi) is 11.3. The van der Waals surface area contributed by atoms with Gasteiger partial charge in [0.25, 0.3) is 0 Å². The Hall–Kier alpha value is -3.36. The van der Waals surface area contributed by atoms with E-state index in [1.807, 2.05) is 35.6 Å². The molecule has 7 nitrogen and oxygen atoms in total. The first-order valence-electron chi connectivity index (χ1n) is 15.6. The van der Waals surface area contributed by atoms with E-state index in [1.54, 1.807) is 6.07 Å². The minimum absolute atomic E-state index is 0.437. The molecule has 0 atom stereocenters. The monoisotopic (exact) mass is 588 g/mol. The predicted octanol–water partition coefficient (Wildman–Crippen LogP) is 8.34. The van der Waals surface area contributed by atoms with Gasteiger partial charge in [0.05, 0.1) is 18.7 Å². The molecule has 0 spiro atoms. The number of fused-ring (bicyclic) bond motifs is 2. The van der Waals surface area contributed by atoms with Gasteiger partial charge in [0.1, 0.15) is 11.6 Å². The summed E-state index contributed by atoms with van der Waals surface area (Å²) in [5.41, 5.74) is 2.16. The van der Waals surface area contributed by atoms with Crippen molar-refractivity contribution in [2.24, 2.45) is 0 Å². The van der Waals surface area contributed by atoms with Gasteiger partial charge in [-0.05, 0) is 73.7 Å². The van der Waals surface area contributed by atoms with Crippen molar-refractivity contribution in [3.8, 4) is 5.75 Å². The molecule has 0 saturated carbocycles. The van der Waals surface area contributed by atoms with Crippen LogP contribution in [-0.4, -0.2) is 61.9 Å². The summed E-state index contributed by atoms with van der Waals surface area (Å²) in [7, 11) is 0. The Balaban J connectivity index is 0.991. The van der Waals surface area contributed by atoms with Gasteiger partial charge in [0.15, 0.2) is 0 Å². The molecule has 4 aromatic rings. The average Bonchev–Trinajstić information content (AvgIpc) is 3.50. The quantitative estimate of drug-likeness (QED) is 0.141. The summed E-state index contributed by atoms with van der Waals surface area (Å²) in [5, 5.41) is 7.32. The molecular weight excluding hydrogens is 544 g/mol. The topological polar surface area (TPSA) is 66.9 Å². The van der Waals surface area contributed by atoms with E-state index >= 15 is 0 Å². The van der Waals surface area contributed by atoms with E-state index in [1.165, 1.54) is 41.5 Å². The third-order valence-electron chi connectivity index (χ3n) is 7.95. The molecule has 3 heterocycles. The number of piperazine rings is 1. The van der Waals surface area contributed by atoms with Crippen molar-refractivity contribution in [2.45, 2.75) is 58.3 Å². The normalized spacial score (nSPS) is 14.0. The van der Waals surface area contributed by atoms with Crippen LogP contribution in [0.2, 0.25) is 0 Å². The minimum atomic E-state index is -0.455. The summed E-state index contributed by atoms with van der Waals surface area (Å²) in [5.74, 6) is 1.29. The number of anilines is 2. The number of amides is 1. The van der Waals surface area contributed by atoms with Gasteiger partial charge in [0, 0.05) is 53.4 Å². The van der Waals surface area contributed by atoms with E-state index in [-0.39, 0.29) is 0 Å². The summed E-state index contributed by atoms with van der Waals surface area (Å²) in [6.45, 7) is 8.76. The van der Waals surface area contributed by atoms with Gasteiger partial charge < -0.3 is 14.4 Å². The maximum atomic E-state index is 12.2. The molecule has 1 fully saturated rings. The van der Waals surface area contributed by atoms with E-state index in [4.69, 9.17) is 9.47 Å². The second kappa shape index (κ2) is 15.8. The third-order valence-corrected chi connectivity index (χ3v) is 8.83. The molecule has 1 N–H and O–H groups in total. The highest BCUT2D eigenvalue weighted by atomic mass is 32.1. The lowest BCUT2D eigenvalue weighted by Crippen LogP contribution is -2.46. The van der Waals surface area contributed by atoms with E-state index in [0.717, 1.165) is 75.1 Å². The number of rotatable bonds is 15. The van der Waals surface area contributed by atoms with E-state index < -0.39 is 6.09 Å². The minimum Gasteiger partial charge on any atom is -0.494 e. The molecule has 2 aromatic carbocycles. The molecule has 0 unspecified atom stereocenters. The Morgan fingerprint density at radius 2 is 1.71 bits per heavy atom. The van der Waals surface area contributed by atoms with Crippen molar-refractivity contribution in [3.05, 3.63) is 60.0 Å². The van der Waals surface area contributed by atoms with Crippen molar-refractivity contribution in [1.29, 1.82) is 0 Å². The highest BCUT2D eigenvalue weighted by Gasteiger charge is 2.18. The first-order chi connectivity index (χ1) is 20.7. The van der Waals surface area contributed by atoms with Gasteiger partial charge >= 0.3 is 6.09 Å². The number of carbonyl (C=O) groups excluding carboxylic acids is 1. The highest BCUT2D eigenvalue weighted by molar-refractivity contribution is 7.17. The molecule has 0 bridgehead atoms. The first-order valence-corrected chi connectivity index (χ1v) is 16.5. The van der Waals surface area contributed by atoms with Crippen LogP contribution in [0, 0.1) is 0 Å². The molecule has 0 radical (unpaired) electrons. The molecule has 1 aliphatic rings. The summed E-state index contributed by atoms with van der Waals surface area (Å²) in [6, 6.07) is 18.6. The molecule has 224 valence electrons. The summed E-state index contributed by atoms with van der Waals surface area (Å²) >= 11 is 1.82. The van der Waals surface area contributed by atoms with Gasteiger partial charge in [0.2, 0.25) is 0 Å². The number of aromatic nitrogens is 1. The molecule has 2 aromatic heterocycles. The maximum Gasteiger partial charge on any atom is 0.412 e. The van der Waals surface area contributed by atoms with Crippen molar-refractivity contribution in [1.82, 2.24) is 9.88 Å². The Morgan fingerprint density at radius 3 is 2.60 bits per heavy atom. The lowest BCUT2D eigenvalue weighted by Gasteiger charge is -2.36. The van der Waals surface area contributed by atoms with E-state index in [9.17, 15) is 4.79 Å². The molecule has 5 rings (SSSR count). The number of unbranched alkanes of at least 4 members (excludes halogenated alkanes) is 6. The van der Waals surface area contributed by atoms with Crippen LogP contribution in [0.1, 0.15) is 58.3 Å². The lowest BCUT2D eigenvalue weighted by molar-refractivity contribution is 0.159. The molecule has 1 amide bonds. The fourth-order valence-electron chi connectivity index (χ4n) is 5.54. The Morgan fingerprint density at radius 1 is 0.905 bits per heavy atom. The number of hydrogen-bond acceptors (Lipinski definition) is 7. The van der Waals surface area contributed by atoms with Gasteiger partial charge in [-0.15, -0.1) is 11.3 Å². The van der Waals surface area contributed by atoms with Crippen LogP contribution in [0.25, 0.3) is 21.0 Å². The zero-order valence-corrected chi connectivity index (χ0v) is 25.7. The molecule has 0 aliphatic carbocycles. The van der Waals surface area contributed by atoms with Crippen LogP contribution >= 0.6 is 11.3 Å². The van der Waals surface area contributed by atoms with Gasteiger partial charge in [-0.2, -0.15) is 0 Å². The maximum absolute atomic E-state index is 12.2. The fourth-order valence-corrected chi connectivity index (χ4v) is 6.35. The first kappa shape index (κ1) is 30.1. The molecule has 42 heavy (non-hydrogen) atoms. The highest BCUT2D eigenvalue weighted by Crippen LogP contribution is 2.31. The molecule has 1 saturated heterocycles. The molecule has 8 heteroatoms. The number of pyridine rings is 1. The largest absolute Gasteiger partial charge is 0.494 e. The summed E-state index contributed by atoms with van der Waals surface area (Å²) in [6.07, 6.45) is 8.61. The van der Waals surface area contributed by atoms with Crippen LogP contribution in [0.5, 0.6) is 5.75 Å². The Bertz CT molecular complexity index is 1420. The van der Waals surface area contributed by atoms with Gasteiger partial charge in [-0.25, -0.2) is 9.78 Å².